The van der Waals surface area contributed by atoms with Crippen LogP contribution in [0.15, 0.2) is 152 Å². The number of hydrogen-bond acceptors (Lipinski definition) is 2. The second-order valence-electron chi connectivity index (χ2n) is 41.7. The minimum atomic E-state index is 0. The first-order chi connectivity index (χ1) is 67.5. The predicted molar refractivity (Wildman–Crippen MR) is 694 cm³/mol. The smallest absolute Gasteiger partial charge is 0.0435 e. The van der Waals surface area contributed by atoms with Gasteiger partial charge in [0.05, 0.1) is 0 Å². The Bertz CT molecular complexity index is 3240. The summed E-state index contributed by atoms with van der Waals surface area (Å²) >= 11 is 0. The number of piperidine rings is 1. The SMILES string of the molecule is C.C.C.C.C.C.C.C.C.C.C.C.C1=CC2CCCC(C1)CCC2.C1=CCCC1.C1=CCCCC1.C1CC2CC(C1)C2.C1CC2CCC1C2.C1CC2CCC1CC2.C1CC2CCCC(C1)CCC2.C1CCC2CCCCC2C1.C1CCC2NCCCC2C1.CC.CC.CC.CC.CC.CC.CC.CC.CC.CC1c2ccccc2-c2ccccc21.c1ccc2c(c1)CCC2.c1ccc2c(c1)CCCC2.c1cnc2c(c1)CCCC2. The molecule has 23 aliphatic carbocycles. The molecule has 0 radical (unpaired) electrons. The molecule has 148 heavy (non-hydrogen) atoms. The Morgan fingerprint density at radius 3 is 0.845 bits per heavy atom. The van der Waals surface area contributed by atoms with E-state index in [4.69, 9.17) is 0 Å². The van der Waals surface area contributed by atoms with Crippen LogP contribution in [0, 0.1) is 76.9 Å². The average Bonchev–Trinajstić information content (AvgIpc) is 1.62. The van der Waals surface area contributed by atoms with Gasteiger partial charge >= 0.3 is 0 Å². The van der Waals surface area contributed by atoms with Crippen molar-refractivity contribution in [2.75, 3.05) is 6.54 Å². The maximum Gasteiger partial charge on any atom is 0.0435 e. The minimum Gasteiger partial charge on any atom is -0.314 e. The summed E-state index contributed by atoms with van der Waals surface area (Å²) in [5.41, 5.74) is 14.8. The fraction of sp³-hybridized carbons (Fsp3) is 0.760. The van der Waals surface area contributed by atoms with Crippen LogP contribution in [0.4, 0.5) is 0 Å². The lowest BCUT2D eigenvalue weighted by Crippen LogP contribution is -2.42. The summed E-state index contributed by atoms with van der Waals surface area (Å²) in [7, 11) is 0. The molecule has 1 N–H and O–H groups in total. The van der Waals surface area contributed by atoms with E-state index in [-0.39, 0.29) is 89.1 Å². The van der Waals surface area contributed by atoms with Crippen molar-refractivity contribution in [1.82, 2.24) is 10.3 Å². The summed E-state index contributed by atoms with van der Waals surface area (Å²) in [6.07, 6.45) is 110. The van der Waals surface area contributed by atoms with E-state index >= 15 is 0 Å². The zero-order valence-corrected chi connectivity index (χ0v) is 94.0. The monoisotopic (exact) mass is 2060 g/mol. The molecule has 29 rings (SSSR count). The first kappa shape index (κ1) is 161. The van der Waals surface area contributed by atoms with E-state index in [1.54, 1.807) is 183 Å². The van der Waals surface area contributed by atoms with Gasteiger partial charge in [-0.25, -0.2) is 0 Å². The van der Waals surface area contributed by atoms with E-state index in [0.29, 0.717) is 5.92 Å². The van der Waals surface area contributed by atoms with Crippen molar-refractivity contribution in [1.29, 1.82) is 0 Å². The molecule has 2 atom stereocenters. The number of allylic oxidation sites excluding steroid dienone is 6. The molecular weight excluding hydrogens is 1780 g/mol. The summed E-state index contributed by atoms with van der Waals surface area (Å²) in [5.74, 6) is 15.1. The molecule has 0 amide bonds. The number of rotatable bonds is 0. The fourth-order valence-corrected chi connectivity index (χ4v) is 25.8. The number of benzene rings is 4. The largest absolute Gasteiger partial charge is 0.314 e. The van der Waals surface area contributed by atoms with Gasteiger partial charge in [0.25, 0.3) is 0 Å². The van der Waals surface area contributed by atoms with Gasteiger partial charge in [0.1, 0.15) is 0 Å². The normalized spacial score (nSPS) is 24.6. The lowest BCUT2D eigenvalue weighted by molar-refractivity contribution is 0.116. The molecule has 15 saturated carbocycles. The van der Waals surface area contributed by atoms with E-state index in [9.17, 15) is 0 Å². The molecule has 1 saturated heterocycles. The van der Waals surface area contributed by atoms with Crippen LogP contribution in [-0.2, 0) is 38.5 Å². The highest BCUT2D eigenvalue weighted by atomic mass is 14.9. The highest BCUT2D eigenvalue weighted by Gasteiger charge is 2.34. The molecule has 0 spiro atoms. The van der Waals surface area contributed by atoms with E-state index in [0.717, 1.165) is 59.3 Å². The summed E-state index contributed by atoms with van der Waals surface area (Å²) in [5, 5.41) is 3.62. The second kappa shape index (κ2) is 108. The van der Waals surface area contributed by atoms with E-state index in [2.05, 4.69) is 157 Å². The van der Waals surface area contributed by atoms with Gasteiger partial charge in [-0.1, -0.05) is 591 Å². The van der Waals surface area contributed by atoms with Crippen LogP contribution in [0.25, 0.3) is 11.1 Å². The van der Waals surface area contributed by atoms with Crippen LogP contribution in [0.2, 0.25) is 0 Å². The van der Waals surface area contributed by atoms with Crippen molar-refractivity contribution in [3.8, 4) is 11.1 Å². The van der Waals surface area contributed by atoms with E-state index in [1.165, 1.54) is 314 Å². The van der Waals surface area contributed by atoms with Crippen LogP contribution >= 0.6 is 0 Å². The van der Waals surface area contributed by atoms with Crippen LogP contribution in [0.3, 0.4) is 0 Å². The van der Waals surface area contributed by atoms with Gasteiger partial charge in [0, 0.05) is 23.9 Å². The maximum absolute atomic E-state index is 4.32. The Kier molecular flexibility index (Phi) is 117. The fourth-order valence-electron chi connectivity index (χ4n) is 25.8. The number of hydrogen-bond donors (Lipinski definition) is 1. The number of aromatic nitrogens is 1. The van der Waals surface area contributed by atoms with Crippen molar-refractivity contribution in [3.05, 3.63) is 196 Å². The third-order valence-corrected chi connectivity index (χ3v) is 33.2. The van der Waals surface area contributed by atoms with Crippen molar-refractivity contribution in [3.63, 3.8) is 0 Å². The number of pyridine rings is 1. The maximum atomic E-state index is 4.32. The van der Waals surface area contributed by atoms with Crippen LogP contribution in [0.5, 0.6) is 0 Å². The van der Waals surface area contributed by atoms with E-state index in [1.807, 2.05) is 137 Å². The number of nitrogens with one attached hydrogen (secondary N) is 1. The molecule has 2 heterocycles. The molecule has 4 aromatic carbocycles. The Morgan fingerprint density at radius 1 is 0.223 bits per heavy atom. The van der Waals surface area contributed by atoms with Gasteiger partial charge in [-0.05, 0) is 319 Å². The summed E-state index contributed by atoms with van der Waals surface area (Å²) < 4.78 is 0. The molecule has 16 fully saturated rings. The van der Waals surface area contributed by atoms with Crippen molar-refractivity contribution < 1.29 is 0 Å². The molecule has 1 aromatic heterocycles. The lowest BCUT2D eigenvalue weighted by atomic mass is 9.65. The highest BCUT2D eigenvalue weighted by molar-refractivity contribution is 5.78. The van der Waals surface area contributed by atoms with Crippen molar-refractivity contribution in [2.45, 2.75) is 644 Å². The Hall–Kier alpha value is -4.79. The van der Waals surface area contributed by atoms with Gasteiger partial charge in [-0.3, -0.25) is 4.98 Å². The first-order valence-electron chi connectivity index (χ1n) is 61.4. The van der Waals surface area contributed by atoms with Gasteiger partial charge in [0.15, 0.2) is 0 Å². The summed E-state index contributed by atoms with van der Waals surface area (Å²) in [4.78, 5) is 4.32. The Balaban J connectivity index is -0.000000199. The molecular formula is C146H276N2. The molecule has 2 nitrogen and oxygen atoms in total. The molecule has 5 aromatic rings. The second-order valence-corrected chi connectivity index (χ2v) is 41.7. The Labute approximate surface area is 938 Å². The van der Waals surface area contributed by atoms with Crippen molar-refractivity contribution in [2.24, 2.45) is 76.9 Å². The molecule has 2 heteroatoms. The van der Waals surface area contributed by atoms with Gasteiger partial charge < -0.3 is 5.32 Å². The van der Waals surface area contributed by atoms with E-state index < -0.39 is 0 Å². The molecule has 24 aliphatic rings. The van der Waals surface area contributed by atoms with Crippen LogP contribution in [0.1, 0.15) is 644 Å². The van der Waals surface area contributed by atoms with Gasteiger partial charge in [-0.2, -0.15) is 0 Å². The Morgan fingerprint density at radius 2 is 0.514 bits per heavy atom. The summed E-state index contributed by atoms with van der Waals surface area (Å²) in [6, 6.07) is 40.1. The molecule has 2 unspecified atom stereocenters. The van der Waals surface area contributed by atoms with Gasteiger partial charge in [0.2, 0.25) is 0 Å². The number of nitrogens with zero attached hydrogens (tertiary/aromatic N) is 1. The third-order valence-electron chi connectivity index (χ3n) is 33.2. The molecule has 870 valence electrons. The standard InChI is InChI=1S/C14H12.C11H20.C11H18.C10H18.C10H12.C9H17N.C9H11N.C9H10.C8H14.2C7H12.C6H10.C5H8.9C2H6.12CH4/c1-10-11-6-2-4-8-13(11)14-9-5-3-7-12(10)14;2*1-4-10-6-2-7-11(5-1)9-3-8-10;2*1-2-6-10-8-4-3-7-9(10)5-1;2*1-2-6-9-8(4-1)5-3-7-10-9;1-2-5-9-7-3-6-8(9)4-1;1-2-8-5-3-7(1)4-6-8;1-2-7-4-3-6(1)5-7;1-2-6-4-7(3-1)5-6;1-2-4-6-5-3-1;1-2-4-5-3-1;9*1-2;;;;;;;;;;;;/h2-10H,1H3;10-11H,1-9H2;1,4,10-11H,2-3,5-9H2;9-10H,1-8H2;1-2,5-6H,3-4,7-8H2;8-10H,1-7H2;3,5,7H,1-2,4,6H2;1-2,4-5H,3,6-7H2;7-8H,1-6H2;2*6-7H,1-5H2;1-2H,3-6H2;1-2H,3-5H2;9*1-2H3;12*1H4. The lowest BCUT2D eigenvalue weighted by Gasteiger charge is -2.40. The zero-order valence-electron chi connectivity index (χ0n) is 94.0. The predicted octanol–water partition coefficient (Wildman–Crippen LogP) is 50.8. The minimum absolute atomic E-state index is 0. The highest BCUT2D eigenvalue weighted by Crippen LogP contribution is 2.48. The average molecular weight is 2060 g/mol. The van der Waals surface area contributed by atoms with Crippen LogP contribution in [-0.4, -0.2) is 17.6 Å². The molecule has 1 aliphatic heterocycles. The first-order valence-corrected chi connectivity index (χ1v) is 61.4. The topological polar surface area (TPSA) is 24.9 Å². The van der Waals surface area contributed by atoms with Gasteiger partial charge in [-0.15, -0.1) is 0 Å². The third kappa shape index (κ3) is 64.0. The summed E-state index contributed by atoms with van der Waals surface area (Å²) in [6.45, 7) is 39.6. The number of fused-ring (bicyclic) bond motifs is 26. The number of aryl methyl sites for hydroxylation is 6. The van der Waals surface area contributed by atoms with Crippen molar-refractivity contribution >= 4 is 0 Å². The molecule has 10 bridgehead atoms. The zero-order chi connectivity index (χ0) is 98.5. The van der Waals surface area contributed by atoms with Crippen LogP contribution < -0.4 is 5.32 Å². The quantitative estimate of drug-likeness (QED) is 0.156.